The molecule has 0 atom stereocenters. The third-order valence-electron chi connectivity index (χ3n) is 1.82. The van der Waals surface area contributed by atoms with Crippen molar-refractivity contribution in [3.8, 4) is 5.88 Å². The number of anilines is 1. The van der Waals surface area contributed by atoms with Crippen molar-refractivity contribution in [2.24, 2.45) is 0 Å². The Labute approximate surface area is 95.2 Å². The summed E-state index contributed by atoms with van der Waals surface area (Å²) >= 11 is 0. The quantitative estimate of drug-likeness (QED) is 0.756. The van der Waals surface area contributed by atoms with Crippen molar-refractivity contribution in [3.63, 3.8) is 0 Å². The largest absolute Gasteiger partial charge is 0.478 e. The predicted molar refractivity (Wildman–Crippen MR) is 62.6 cm³/mol. The summed E-state index contributed by atoms with van der Waals surface area (Å²) in [6.45, 7) is 5.21. The van der Waals surface area contributed by atoms with Crippen molar-refractivity contribution < 1.29 is 9.53 Å². The van der Waals surface area contributed by atoms with Crippen molar-refractivity contribution >= 4 is 11.7 Å². The summed E-state index contributed by atoms with van der Waals surface area (Å²) in [4.78, 5) is 15.4. The van der Waals surface area contributed by atoms with Gasteiger partial charge < -0.3 is 15.4 Å². The molecular formula is C11H17N3O2. The summed E-state index contributed by atoms with van der Waals surface area (Å²) < 4.78 is 5.25. The number of carbonyl (C=O) groups excluding carboxylic acids is 1. The maximum Gasteiger partial charge on any atom is 0.239 e. The molecule has 0 aliphatic carbocycles. The van der Waals surface area contributed by atoms with Crippen molar-refractivity contribution in [2.75, 3.05) is 25.0 Å². The number of nitrogens with zero attached hydrogens (tertiary/aromatic N) is 1. The van der Waals surface area contributed by atoms with E-state index in [2.05, 4.69) is 15.6 Å². The second-order valence-electron chi connectivity index (χ2n) is 3.10. The van der Waals surface area contributed by atoms with Crippen LogP contribution < -0.4 is 15.4 Å². The van der Waals surface area contributed by atoms with Crippen LogP contribution in [0.1, 0.15) is 13.8 Å². The molecule has 0 saturated heterocycles. The highest BCUT2D eigenvalue weighted by Crippen LogP contribution is 2.10. The predicted octanol–water partition coefficient (Wildman–Crippen LogP) is 1.03. The van der Waals surface area contributed by atoms with E-state index < -0.39 is 0 Å². The molecule has 0 bridgehead atoms. The third kappa shape index (κ3) is 4.16. The lowest BCUT2D eigenvalue weighted by molar-refractivity contribution is -0.119. The van der Waals surface area contributed by atoms with Gasteiger partial charge in [-0.3, -0.25) is 4.79 Å². The van der Waals surface area contributed by atoms with Crippen molar-refractivity contribution in [1.29, 1.82) is 0 Å². The molecule has 0 radical (unpaired) electrons. The van der Waals surface area contributed by atoms with Gasteiger partial charge in [-0.25, -0.2) is 0 Å². The first-order valence-corrected chi connectivity index (χ1v) is 5.36. The summed E-state index contributed by atoms with van der Waals surface area (Å²) in [5.74, 6) is 1.15. The van der Waals surface area contributed by atoms with Gasteiger partial charge in [0.1, 0.15) is 5.82 Å². The van der Waals surface area contributed by atoms with Crippen LogP contribution >= 0.6 is 0 Å². The first-order chi connectivity index (χ1) is 7.76. The summed E-state index contributed by atoms with van der Waals surface area (Å²) in [6.07, 6.45) is 0. The van der Waals surface area contributed by atoms with Gasteiger partial charge >= 0.3 is 0 Å². The Kier molecular flexibility index (Phi) is 5.11. The molecule has 0 fully saturated rings. The average molecular weight is 223 g/mol. The van der Waals surface area contributed by atoms with Crippen LogP contribution in [0.15, 0.2) is 18.2 Å². The maximum absolute atomic E-state index is 11.2. The van der Waals surface area contributed by atoms with Gasteiger partial charge in [-0.05, 0) is 19.9 Å². The van der Waals surface area contributed by atoms with E-state index in [0.29, 0.717) is 24.8 Å². The minimum absolute atomic E-state index is 0.0499. The minimum Gasteiger partial charge on any atom is -0.478 e. The monoisotopic (exact) mass is 223 g/mol. The fraction of sp³-hybridized carbons (Fsp3) is 0.455. The number of nitrogens with one attached hydrogen (secondary N) is 2. The van der Waals surface area contributed by atoms with Crippen molar-refractivity contribution in [2.45, 2.75) is 13.8 Å². The zero-order valence-electron chi connectivity index (χ0n) is 9.62. The average Bonchev–Trinajstić information content (AvgIpc) is 2.28. The van der Waals surface area contributed by atoms with Gasteiger partial charge in [0.15, 0.2) is 0 Å². The van der Waals surface area contributed by atoms with Gasteiger partial charge in [0.05, 0.1) is 13.2 Å². The Morgan fingerprint density at radius 2 is 2.25 bits per heavy atom. The Balaban J connectivity index is 2.47. The Morgan fingerprint density at radius 1 is 1.44 bits per heavy atom. The lowest BCUT2D eigenvalue weighted by Gasteiger charge is -2.07. The van der Waals surface area contributed by atoms with Crippen LogP contribution in [0.25, 0.3) is 0 Å². The molecule has 1 aromatic rings. The van der Waals surface area contributed by atoms with Crippen LogP contribution in [0.3, 0.4) is 0 Å². The smallest absolute Gasteiger partial charge is 0.239 e. The number of amides is 1. The highest BCUT2D eigenvalue weighted by Gasteiger charge is 2.01. The van der Waals surface area contributed by atoms with Crippen LogP contribution in [0.5, 0.6) is 5.88 Å². The zero-order valence-corrected chi connectivity index (χ0v) is 9.62. The molecule has 1 heterocycles. The number of hydrogen-bond acceptors (Lipinski definition) is 4. The molecule has 16 heavy (non-hydrogen) atoms. The number of carbonyl (C=O) groups is 1. The molecule has 0 spiro atoms. The molecule has 0 aliphatic heterocycles. The number of ether oxygens (including phenoxy) is 1. The lowest BCUT2D eigenvalue weighted by Crippen LogP contribution is -2.29. The molecule has 2 N–H and O–H groups in total. The van der Waals surface area contributed by atoms with Crippen LogP contribution in [0.4, 0.5) is 5.82 Å². The van der Waals surface area contributed by atoms with Crippen LogP contribution in [-0.2, 0) is 4.79 Å². The standard InChI is InChI=1S/C11H17N3O2/c1-3-12-10(15)8-13-9-6-5-7-11(14-9)16-4-2/h5-7H,3-4,8H2,1-2H3,(H,12,15)(H,13,14). The fourth-order valence-corrected chi connectivity index (χ4v) is 1.17. The molecule has 0 saturated carbocycles. The highest BCUT2D eigenvalue weighted by atomic mass is 16.5. The van der Waals surface area contributed by atoms with E-state index in [1.807, 2.05) is 19.9 Å². The highest BCUT2D eigenvalue weighted by molar-refractivity contribution is 5.80. The molecule has 5 nitrogen and oxygen atoms in total. The number of rotatable bonds is 6. The van der Waals surface area contributed by atoms with E-state index >= 15 is 0 Å². The fourth-order valence-electron chi connectivity index (χ4n) is 1.17. The summed E-state index contributed by atoms with van der Waals surface area (Å²) in [5, 5.41) is 5.62. The SMILES string of the molecule is CCNC(=O)CNc1cccc(OCC)n1. The first-order valence-electron chi connectivity index (χ1n) is 5.36. The number of likely N-dealkylation sites (N-methyl/N-ethyl adjacent to an activating group) is 1. The molecule has 88 valence electrons. The van der Waals surface area contributed by atoms with E-state index in [1.165, 1.54) is 0 Å². The molecule has 0 unspecified atom stereocenters. The summed E-state index contributed by atoms with van der Waals surface area (Å²) in [7, 11) is 0. The van der Waals surface area contributed by atoms with Gasteiger partial charge in [-0.2, -0.15) is 4.98 Å². The van der Waals surface area contributed by atoms with E-state index in [1.54, 1.807) is 12.1 Å². The van der Waals surface area contributed by atoms with Crippen LogP contribution in [0.2, 0.25) is 0 Å². The second kappa shape index (κ2) is 6.66. The summed E-state index contributed by atoms with van der Waals surface area (Å²) in [5.41, 5.74) is 0. The van der Waals surface area contributed by atoms with Gasteiger partial charge in [0.2, 0.25) is 11.8 Å². The molecule has 0 aliphatic rings. The van der Waals surface area contributed by atoms with E-state index in [4.69, 9.17) is 4.74 Å². The molecule has 1 aromatic heterocycles. The first kappa shape index (κ1) is 12.3. The van der Waals surface area contributed by atoms with Gasteiger partial charge in [-0.1, -0.05) is 6.07 Å². The zero-order chi connectivity index (χ0) is 11.8. The van der Waals surface area contributed by atoms with E-state index in [0.717, 1.165) is 0 Å². The van der Waals surface area contributed by atoms with Crippen molar-refractivity contribution in [3.05, 3.63) is 18.2 Å². The molecule has 1 rings (SSSR count). The van der Waals surface area contributed by atoms with Gasteiger partial charge in [-0.15, -0.1) is 0 Å². The van der Waals surface area contributed by atoms with E-state index in [-0.39, 0.29) is 12.5 Å². The second-order valence-corrected chi connectivity index (χ2v) is 3.10. The number of hydrogen-bond donors (Lipinski definition) is 2. The van der Waals surface area contributed by atoms with Gasteiger partial charge in [0, 0.05) is 12.6 Å². The summed E-state index contributed by atoms with van der Waals surface area (Å²) in [6, 6.07) is 5.40. The molecule has 1 amide bonds. The minimum atomic E-state index is -0.0499. The van der Waals surface area contributed by atoms with Crippen LogP contribution in [-0.4, -0.2) is 30.6 Å². The topological polar surface area (TPSA) is 63.2 Å². The molecule has 5 heteroatoms. The Bertz CT molecular complexity index is 342. The van der Waals surface area contributed by atoms with Crippen molar-refractivity contribution in [1.82, 2.24) is 10.3 Å². The molecule has 0 aromatic carbocycles. The normalized spacial score (nSPS) is 9.62. The number of pyridine rings is 1. The lowest BCUT2D eigenvalue weighted by atomic mass is 10.4. The maximum atomic E-state index is 11.2. The third-order valence-corrected chi connectivity index (χ3v) is 1.82. The number of aromatic nitrogens is 1. The van der Waals surface area contributed by atoms with Crippen LogP contribution in [0, 0.1) is 0 Å². The molecular weight excluding hydrogens is 206 g/mol. The van der Waals surface area contributed by atoms with Gasteiger partial charge in [0.25, 0.3) is 0 Å². The Hall–Kier alpha value is -1.78. The Morgan fingerprint density at radius 3 is 2.94 bits per heavy atom. The van der Waals surface area contributed by atoms with E-state index in [9.17, 15) is 4.79 Å².